The van der Waals surface area contributed by atoms with Crippen molar-refractivity contribution in [2.45, 2.75) is 32.7 Å². The number of nitrogens with two attached hydrogens (primary N) is 1. The second-order valence-electron chi connectivity index (χ2n) is 4.28. The van der Waals surface area contributed by atoms with Crippen LogP contribution in [0.2, 0.25) is 0 Å². The summed E-state index contributed by atoms with van der Waals surface area (Å²) in [6.45, 7) is 4.42. The Morgan fingerprint density at radius 2 is 2.25 bits per heavy atom. The van der Waals surface area contributed by atoms with Gasteiger partial charge in [0.25, 0.3) is 0 Å². The minimum Gasteiger partial charge on any atom is -0.369 e. The van der Waals surface area contributed by atoms with E-state index in [4.69, 9.17) is 5.73 Å². The van der Waals surface area contributed by atoms with E-state index >= 15 is 0 Å². The van der Waals surface area contributed by atoms with Crippen LogP contribution in [-0.4, -0.2) is 18.5 Å². The monoisotopic (exact) mass is 220 g/mol. The first kappa shape index (κ1) is 12.7. The van der Waals surface area contributed by atoms with E-state index in [1.807, 2.05) is 0 Å². The highest BCUT2D eigenvalue weighted by Gasteiger charge is 2.03. The van der Waals surface area contributed by atoms with E-state index in [1.54, 1.807) is 0 Å². The molecule has 3 nitrogen and oxygen atoms in total. The minimum absolute atomic E-state index is 0.259. The van der Waals surface area contributed by atoms with Gasteiger partial charge in [0, 0.05) is 6.04 Å². The Hall–Kier alpha value is -1.35. The van der Waals surface area contributed by atoms with Crippen LogP contribution in [0, 0.1) is 6.92 Å². The molecule has 1 rings (SSSR count). The molecule has 0 fully saturated rings. The molecule has 0 aliphatic carbocycles. The van der Waals surface area contributed by atoms with Gasteiger partial charge in [0.15, 0.2) is 0 Å². The molecule has 0 aliphatic heterocycles. The van der Waals surface area contributed by atoms with E-state index < -0.39 is 0 Å². The molecule has 1 atom stereocenters. The zero-order valence-electron chi connectivity index (χ0n) is 9.99. The Bertz CT molecular complexity index is 350. The number of hydrogen-bond acceptors (Lipinski definition) is 2. The van der Waals surface area contributed by atoms with Gasteiger partial charge in [-0.15, -0.1) is 0 Å². The van der Waals surface area contributed by atoms with Crippen molar-refractivity contribution in [2.24, 2.45) is 5.73 Å². The molecule has 0 heterocycles. The maximum atomic E-state index is 10.6. The Morgan fingerprint density at radius 3 is 2.88 bits per heavy atom. The third kappa shape index (κ3) is 4.94. The minimum atomic E-state index is -0.303. The molecule has 3 heteroatoms. The lowest BCUT2D eigenvalue weighted by Crippen LogP contribution is -2.35. The lowest BCUT2D eigenvalue weighted by Gasteiger charge is -2.12. The molecule has 3 N–H and O–H groups in total. The summed E-state index contributed by atoms with van der Waals surface area (Å²) >= 11 is 0. The summed E-state index contributed by atoms with van der Waals surface area (Å²) in [6, 6.07) is 8.81. The predicted octanol–water partition coefficient (Wildman–Crippen LogP) is 1.39. The Kier molecular flexibility index (Phi) is 4.99. The molecule has 0 saturated carbocycles. The number of carbonyl (C=O) groups excluding carboxylic acids is 1. The highest BCUT2D eigenvalue weighted by molar-refractivity contribution is 5.75. The van der Waals surface area contributed by atoms with Crippen LogP contribution in [-0.2, 0) is 11.2 Å². The van der Waals surface area contributed by atoms with Gasteiger partial charge in [0.2, 0.25) is 5.91 Å². The van der Waals surface area contributed by atoms with E-state index in [0.29, 0.717) is 6.04 Å². The van der Waals surface area contributed by atoms with Crippen molar-refractivity contribution in [3.8, 4) is 0 Å². The van der Waals surface area contributed by atoms with Gasteiger partial charge in [-0.3, -0.25) is 4.79 Å². The second kappa shape index (κ2) is 6.28. The highest BCUT2D eigenvalue weighted by Crippen LogP contribution is 2.07. The van der Waals surface area contributed by atoms with Crippen LogP contribution in [0.4, 0.5) is 0 Å². The lowest BCUT2D eigenvalue weighted by molar-refractivity contribution is -0.117. The number of amides is 1. The first-order valence-electron chi connectivity index (χ1n) is 5.65. The van der Waals surface area contributed by atoms with Crippen LogP contribution >= 0.6 is 0 Å². The third-order valence-corrected chi connectivity index (χ3v) is 2.57. The van der Waals surface area contributed by atoms with E-state index in [9.17, 15) is 4.79 Å². The average Bonchev–Trinajstić information content (AvgIpc) is 2.23. The number of primary amides is 1. The first-order valence-corrected chi connectivity index (χ1v) is 5.65. The van der Waals surface area contributed by atoms with Gasteiger partial charge in [-0.2, -0.15) is 0 Å². The van der Waals surface area contributed by atoms with Crippen LogP contribution in [0.25, 0.3) is 0 Å². The Morgan fingerprint density at radius 1 is 1.50 bits per heavy atom. The number of carbonyl (C=O) groups is 1. The summed E-state index contributed by atoms with van der Waals surface area (Å²) in [5.41, 5.74) is 7.69. The zero-order chi connectivity index (χ0) is 12.0. The molecule has 0 aliphatic rings. The fourth-order valence-corrected chi connectivity index (χ4v) is 1.63. The molecule has 88 valence electrons. The maximum Gasteiger partial charge on any atom is 0.231 e. The number of hydrogen-bond donors (Lipinski definition) is 2. The zero-order valence-corrected chi connectivity index (χ0v) is 9.99. The van der Waals surface area contributed by atoms with Crippen molar-refractivity contribution in [1.29, 1.82) is 0 Å². The van der Waals surface area contributed by atoms with Gasteiger partial charge in [0.05, 0.1) is 6.54 Å². The second-order valence-corrected chi connectivity index (χ2v) is 4.28. The summed E-state index contributed by atoms with van der Waals surface area (Å²) < 4.78 is 0. The number of aryl methyl sites for hydroxylation is 2. The molecular weight excluding hydrogens is 200 g/mol. The van der Waals surface area contributed by atoms with Gasteiger partial charge >= 0.3 is 0 Å². The molecule has 0 aromatic heterocycles. The largest absolute Gasteiger partial charge is 0.369 e. The predicted molar refractivity (Wildman–Crippen MR) is 66.2 cm³/mol. The maximum absolute atomic E-state index is 10.6. The van der Waals surface area contributed by atoms with Crippen molar-refractivity contribution in [1.82, 2.24) is 5.32 Å². The molecule has 1 unspecified atom stereocenters. The van der Waals surface area contributed by atoms with Gasteiger partial charge < -0.3 is 11.1 Å². The number of nitrogens with one attached hydrogen (secondary N) is 1. The molecule has 0 saturated heterocycles. The number of rotatable bonds is 6. The third-order valence-electron chi connectivity index (χ3n) is 2.57. The summed E-state index contributed by atoms with van der Waals surface area (Å²) in [7, 11) is 0. The van der Waals surface area contributed by atoms with Gasteiger partial charge in [0.1, 0.15) is 0 Å². The molecule has 16 heavy (non-hydrogen) atoms. The quantitative estimate of drug-likeness (QED) is 0.761. The summed E-state index contributed by atoms with van der Waals surface area (Å²) in [5.74, 6) is -0.303. The van der Waals surface area contributed by atoms with E-state index in [-0.39, 0.29) is 12.5 Å². The van der Waals surface area contributed by atoms with Crippen LogP contribution in [0.15, 0.2) is 24.3 Å². The molecule has 0 radical (unpaired) electrons. The first-order chi connectivity index (χ1) is 7.58. The fourth-order valence-electron chi connectivity index (χ4n) is 1.63. The van der Waals surface area contributed by atoms with Crippen molar-refractivity contribution >= 4 is 5.91 Å². The molecular formula is C13H20N2O. The molecule has 1 amide bonds. The van der Waals surface area contributed by atoms with Crippen molar-refractivity contribution in [3.63, 3.8) is 0 Å². The van der Waals surface area contributed by atoms with Crippen molar-refractivity contribution < 1.29 is 4.79 Å². The van der Waals surface area contributed by atoms with Crippen LogP contribution in [0.1, 0.15) is 24.5 Å². The fraction of sp³-hybridized carbons (Fsp3) is 0.462. The van der Waals surface area contributed by atoms with E-state index in [2.05, 4.69) is 43.4 Å². The Labute approximate surface area is 97.0 Å². The normalized spacial score (nSPS) is 12.4. The van der Waals surface area contributed by atoms with E-state index in [0.717, 1.165) is 12.8 Å². The molecule has 1 aromatic carbocycles. The van der Waals surface area contributed by atoms with Gasteiger partial charge in [-0.05, 0) is 32.3 Å². The lowest BCUT2D eigenvalue weighted by atomic mass is 10.0. The molecule has 0 spiro atoms. The average molecular weight is 220 g/mol. The summed E-state index contributed by atoms with van der Waals surface area (Å²) in [5, 5.41) is 3.09. The summed E-state index contributed by atoms with van der Waals surface area (Å²) in [6.07, 6.45) is 2.03. The van der Waals surface area contributed by atoms with Crippen molar-refractivity contribution in [3.05, 3.63) is 35.4 Å². The smallest absolute Gasteiger partial charge is 0.231 e. The standard InChI is InChI=1S/C13H20N2O/c1-10-4-3-5-12(8-10)7-6-11(2)15-9-13(14)16/h3-5,8,11,15H,6-7,9H2,1-2H3,(H2,14,16). The van der Waals surface area contributed by atoms with Crippen LogP contribution in [0.5, 0.6) is 0 Å². The SMILES string of the molecule is Cc1cccc(CCC(C)NCC(N)=O)c1. The Balaban J connectivity index is 2.31. The summed E-state index contributed by atoms with van der Waals surface area (Å²) in [4.78, 5) is 10.6. The van der Waals surface area contributed by atoms with Gasteiger partial charge in [-0.1, -0.05) is 29.8 Å². The highest BCUT2D eigenvalue weighted by atomic mass is 16.1. The number of benzene rings is 1. The van der Waals surface area contributed by atoms with Crippen LogP contribution < -0.4 is 11.1 Å². The molecule has 0 bridgehead atoms. The van der Waals surface area contributed by atoms with Crippen molar-refractivity contribution in [2.75, 3.05) is 6.54 Å². The molecule has 1 aromatic rings. The van der Waals surface area contributed by atoms with E-state index in [1.165, 1.54) is 11.1 Å². The van der Waals surface area contributed by atoms with Gasteiger partial charge in [-0.25, -0.2) is 0 Å². The van der Waals surface area contributed by atoms with Crippen LogP contribution in [0.3, 0.4) is 0 Å². The topological polar surface area (TPSA) is 55.1 Å².